The van der Waals surface area contributed by atoms with E-state index in [1.807, 2.05) is 0 Å². The summed E-state index contributed by atoms with van der Waals surface area (Å²) >= 11 is 0. The van der Waals surface area contributed by atoms with Crippen molar-refractivity contribution in [1.29, 1.82) is 0 Å². The highest BCUT2D eigenvalue weighted by Crippen LogP contribution is 2.46. The van der Waals surface area contributed by atoms with E-state index in [-0.39, 0.29) is 11.5 Å². The van der Waals surface area contributed by atoms with Crippen LogP contribution in [-0.2, 0) is 0 Å². The zero-order chi connectivity index (χ0) is 25.7. The molecule has 4 rings (SSSR count). The predicted molar refractivity (Wildman–Crippen MR) is 130 cm³/mol. The zero-order valence-electron chi connectivity index (χ0n) is 21.0. The fourth-order valence-electron chi connectivity index (χ4n) is 6.34. The van der Waals surface area contributed by atoms with Crippen LogP contribution in [0.3, 0.4) is 0 Å². The lowest BCUT2D eigenvalue weighted by molar-refractivity contribution is 0.154. The molecule has 197 valence electrons. The Bertz CT molecular complexity index is 984. The summed E-state index contributed by atoms with van der Waals surface area (Å²) in [7, 11) is 0. The fourth-order valence-corrected chi connectivity index (χ4v) is 6.34. The van der Waals surface area contributed by atoms with Crippen LogP contribution in [0.4, 0.5) is 22.0 Å². The van der Waals surface area contributed by atoms with E-state index >= 15 is 4.39 Å². The molecule has 0 spiro atoms. The number of benzene rings is 2. The Labute approximate surface area is 211 Å². The zero-order valence-corrected chi connectivity index (χ0v) is 21.0. The molecule has 6 heteroatoms. The third-order valence-electron chi connectivity index (χ3n) is 8.40. The van der Waals surface area contributed by atoms with Crippen molar-refractivity contribution in [3.63, 3.8) is 0 Å². The maximum Gasteiger partial charge on any atom is 0.194 e. The highest BCUT2D eigenvalue weighted by molar-refractivity contribution is 5.38. The molecule has 0 aliphatic heterocycles. The summed E-state index contributed by atoms with van der Waals surface area (Å²) in [6, 6.07) is 4.61. The first kappa shape index (κ1) is 26.9. The van der Waals surface area contributed by atoms with Gasteiger partial charge in [0, 0.05) is 23.8 Å². The molecule has 2 saturated carbocycles. The Morgan fingerprint density at radius 1 is 0.750 bits per heavy atom. The highest BCUT2D eigenvalue weighted by Gasteiger charge is 2.33. The van der Waals surface area contributed by atoms with Crippen molar-refractivity contribution in [2.45, 2.75) is 96.3 Å². The van der Waals surface area contributed by atoms with E-state index in [0.717, 1.165) is 24.8 Å². The van der Waals surface area contributed by atoms with Crippen LogP contribution < -0.4 is 4.74 Å². The van der Waals surface area contributed by atoms with Crippen LogP contribution in [0.1, 0.15) is 102 Å². The van der Waals surface area contributed by atoms with Crippen molar-refractivity contribution in [1.82, 2.24) is 0 Å². The lowest BCUT2D eigenvalue weighted by Gasteiger charge is -2.38. The van der Waals surface area contributed by atoms with Gasteiger partial charge in [0.05, 0.1) is 0 Å². The van der Waals surface area contributed by atoms with E-state index in [2.05, 4.69) is 13.0 Å². The van der Waals surface area contributed by atoms with Crippen molar-refractivity contribution < 1.29 is 26.7 Å². The van der Waals surface area contributed by atoms with Gasteiger partial charge in [-0.1, -0.05) is 51.9 Å². The van der Waals surface area contributed by atoms with Gasteiger partial charge >= 0.3 is 0 Å². The number of hydrogen-bond donors (Lipinski definition) is 0. The molecular formula is C30H36F5O. The minimum atomic E-state index is -1.64. The molecule has 36 heavy (non-hydrogen) atoms. The van der Waals surface area contributed by atoms with Crippen molar-refractivity contribution in [3.05, 3.63) is 58.9 Å². The maximum atomic E-state index is 15.3. The molecule has 2 aromatic rings. The topological polar surface area (TPSA) is 9.23 Å². The third kappa shape index (κ3) is 6.41. The van der Waals surface area contributed by atoms with Gasteiger partial charge in [0.2, 0.25) is 0 Å². The van der Waals surface area contributed by atoms with Crippen LogP contribution in [0.15, 0.2) is 18.2 Å². The Balaban J connectivity index is 1.34. The van der Waals surface area contributed by atoms with Crippen molar-refractivity contribution in [3.8, 4) is 11.5 Å². The van der Waals surface area contributed by atoms with Crippen LogP contribution in [0.2, 0.25) is 0 Å². The molecule has 0 bridgehead atoms. The van der Waals surface area contributed by atoms with Gasteiger partial charge in [-0.05, 0) is 68.3 Å². The Hall–Kier alpha value is -2.11. The Morgan fingerprint density at radius 2 is 1.36 bits per heavy atom. The van der Waals surface area contributed by atoms with Gasteiger partial charge in [-0.2, -0.15) is 0 Å². The van der Waals surface area contributed by atoms with E-state index in [1.165, 1.54) is 57.8 Å². The number of hydrogen-bond acceptors (Lipinski definition) is 1. The van der Waals surface area contributed by atoms with Crippen LogP contribution in [0, 0.1) is 52.9 Å². The summed E-state index contributed by atoms with van der Waals surface area (Å²) in [6.07, 6.45) is 15.0. The normalized spacial score (nSPS) is 24.6. The van der Waals surface area contributed by atoms with Crippen molar-refractivity contribution in [2.24, 2.45) is 17.8 Å². The highest BCUT2D eigenvalue weighted by atomic mass is 19.2. The second-order valence-electron chi connectivity index (χ2n) is 10.7. The van der Waals surface area contributed by atoms with Gasteiger partial charge in [0.15, 0.2) is 29.0 Å². The SMILES string of the molecule is CCCCCC[C@H]1CC[C@H](C2CCC(c3c(F)c[c]c(Oc4cc(F)c(F)c(F)c4)c3F)CC2)CC1. The molecule has 2 aliphatic rings. The molecule has 2 aromatic carbocycles. The number of unbranched alkanes of at least 4 members (excludes halogenated alkanes) is 3. The largest absolute Gasteiger partial charge is 0.453 e. The van der Waals surface area contributed by atoms with Gasteiger partial charge in [-0.3, -0.25) is 0 Å². The van der Waals surface area contributed by atoms with Gasteiger partial charge in [-0.15, -0.1) is 0 Å². The molecule has 0 aromatic heterocycles. The van der Waals surface area contributed by atoms with Crippen LogP contribution in [-0.4, -0.2) is 0 Å². The van der Waals surface area contributed by atoms with Gasteiger partial charge in [-0.25, -0.2) is 22.0 Å². The molecule has 0 atom stereocenters. The molecule has 0 unspecified atom stereocenters. The van der Waals surface area contributed by atoms with Gasteiger partial charge < -0.3 is 4.74 Å². The van der Waals surface area contributed by atoms with Crippen molar-refractivity contribution >= 4 is 0 Å². The summed E-state index contributed by atoms with van der Waals surface area (Å²) in [5.74, 6) is -5.11. The Morgan fingerprint density at radius 3 is 1.97 bits per heavy atom. The monoisotopic (exact) mass is 507 g/mol. The maximum absolute atomic E-state index is 15.3. The fraction of sp³-hybridized carbons (Fsp3) is 0.600. The van der Waals surface area contributed by atoms with E-state index in [9.17, 15) is 17.6 Å². The first-order valence-electron chi connectivity index (χ1n) is 13.6. The quantitative estimate of drug-likeness (QED) is 0.186. The second kappa shape index (κ2) is 12.4. The molecule has 0 amide bonds. The summed E-state index contributed by atoms with van der Waals surface area (Å²) in [4.78, 5) is 0. The average molecular weight is 508 g/mol. The minimum absolute atomic E-state index is 0.0546. The lowest BCUT2D eigenvalue weighted by atomic mass is 9.68. The predicted octanol–water partition coefficient (Wildman–Crippen LogP) is 10.0. The molecule has 2 aliphatic carbocycles. The smallest absolute Gasteiger partial charge is 0.194 e. The van der Waals surface area contributed by atoms with Crippen LogP contribution in [0.5, 0.6) is 11.5 Å². The van der Waals surface area contributed by atoms with Crippen molar-refractivity contribution in [2.75, 3.05) is 0 Å². The second-order valence-corrected chi connectivity index (χ2v) is 10.7. The van der Waals surface area contributed by atoms with E-state index in [0.29, 0.717) is 36.8 Å². The van der Waals surface area contributed by atoms with E-state index in [1.54, 1.807) is 0 Å². The molecule has 1 radical (unpaired) electrons. The van der Waals surface area contributed by atoms with E-state index < -0.39 is 40.6 Å². The first-order chi connectivity index (χ1) is 17.4. The molecule has 2 fully saturated rings. The molecule has 0 N–H and O–H groups in total. The molecule has 0 heterocycles. The standard InChI is InChI=1S/C30H36F5O/c1-2-3-4-5-6-19-7-9-20(10-8-19)21-11-13-22(14-12-21)28-24(31)15-16-27(30(28)35)36-23-17-25(32)29(34)26(33)18-23/h15,17-22H,2-14H2,1H3/t19-,20-,21?,22?. The lowest BCUT2D eigenvalue weighted by Crippen LogP contribution is -2.26. The minimum Gasteiger partial charge on any atom is -0.453 e. The first-order valence-corrected chi connectivity index (χ1v) is 13.6. The number of ether oxygens (including phenoxy) is 1. The summed E-state index contributed by atoms with van der Waals surface area (Å²) < 4.78 is 75.4. The van der Waals surface area contributed by atoms with Gasteiger partial charge in [0.1, 0.15) is 11.6 Å². The third-order valence-corrected chi connectivity index (χ3v) is 8.40. The van der Waals surface area contributed by atoms with Crippen LogP contribution >= 0.6 is 0 Å². The van der Waals surface area contributed by atoms with Gasteiger partial charge in [0.25, 0.3) is 0 Å². The number of halogens is 5. The van der Waals surface area contributed by atoms with Crippen LogP contribution in [0.25, 0.3) is 0 Å². The summed E-state index contributed by atoms with van der Waals surface area (Å²) in [6.45, 7) is 2.24. The summed E-state index contributed by atoms with van der Waals surface area (Å²) in [5, 5.41) is 0. The molecule has 0 saturated heterocycles. The summed E-state index contributed by atoms with van der Waals surface area (Å²) in [5.41, 5.74) is -0.0546. The average Bonchev–Trinajstić information content (AvgIpc) is 2.88. The Kier molecular flexibility index (Phi) is 9.30. The molecule has 1 nitrogen and oxygen atoms in total. The van der Waals surface area contributed by atoms with E-state index in [4.69, 9.17) is 4.74 Å². The molecular weight excluding hydrogens is 471 g/mol. The number of rotatable bonds is 9.